The van der Waals surface area contributed by atoms with Gasteiger partial charge in [-0.05, 0) is 38.3 Å². The van der Waals surface area contributed by atoms with Gasteiger partial charge in [0.2, 0.25) is 5.76 Å². The Hall–Kier alpha value is -3.09. The van der Waals surface area contributed by atoms with Gasteiger partial charge in [-0.15, -0.1) is 0 Å². The zero-order chi connectivity index (χ0) is 17.2. The molecule has 3 aromatic rings. The largest absolute Gasteiger partial charge is 0.351 e. The number of pyridine rings is 1. The number of carbonyl (C=O) groups excluding carboxylic acids is 1. The molecule has 3 aromatic heterocycles. The molecule has 1 atom stereocenters. The molecule has 0 radical (unpaired) electrons. The number of carbonyl (C=O) groups is 1. The van der Waals surface area contributed by atoms with Crippen LogP contribution in [0, 0.1) is 6.92 Å². The monoisotopic (exact) mass is 335 g/mol. The van der Waals surface area contributed by atoms with Gasteiger partial charge >= 0.3 is 0 Å². The number of nitrogens with one attached hydrogen (secondary N) is 1. The van der Waals surface area contributed by atoms with Gasteiger partial charge in [-0.2, -0.15) is 0 Å². The topological polar surface area (TPSA) is 93.8 Å². The molecular formula is C18H17N5O2. The molecule has 1 aliphatic rings. The fraction of sp³-hybridized carbons (Fsp3) is 0.278. The van der Waals surface area contributed by atoms with Gasteiger partial charge in [0.25, 0.3) is 5.91 Å². The first-order valence-electron chi connectivity index (χ1n) is 8.21. The fourth-order valence-corrected chi connectivity index (χ4v) is 3.03. The first kappa shape index (κ1) is 15.4. The highest BCUT2D eigenvalue weighted by Crippen LogP contribution is 2.29. The minimum Gasteiger partial charge on any atom is -0.351 e. The van der Waals surface area contributed by atoms with E-state index in [1.807, 2.05) is 12.1 Å². The number of fused-ring (bicyclic) bond motifs is 1. The van der Waals surface area contributed by atoms with E-state index in [1.54, 1.807) is 31.6 Å². The van der Waals surface area contributed by atoms with E-state index in [0.29, 0.717) is 11.5 Å². The number of amides is 1. The van der Waals surface area contributed by atoms with E-state index < -0.39 is 0 Å². The zero-order valence-corrected chi connectivity index (χ0v) is 13.8. The second-order valence-corrected chi connectivity index (χ2v) is 6.09. The van der Waals surface area contributed by atoms with E-state index in [1.165, 1.54) is 0 Å². The van der Waals surface area contributed by atoms with Crippen molar-refractivity contribution in [2.45, 2.75) is 32.2 Å². The first-order valence-corrected chi connectivity index (χ1v) is 8.21. The number of aryl methyl sites for hydroxylation is 2. The van der Waals surface area contributed by atoms with Crippen LogP contribution in [-0.4, -0.2) is 26.0 Å². The van der Waals surface area contributed by atoms with Gasteiger partial charge in [0.1, 0.15) is 0 Å². The molecule has 0 spiro atoms. The maximum absolute atomic E-state index is 12.3. The lowest BCUT2D eigenvalue weighted by Crippen LogP contribution is -2.31. The molecule has 126 valence electrons. The Labute approximate surface area is 144 Å². The molecule has 0 fully saturated rings. The molecule has 0 aromatic carbocycles. The molecule has 0 unspecified atom stereocenters. The van der Waals surface area contributed by atoms with Crippen molar-refractivity contribution < 1.29 is 9.32 Å². The molecule has 0 aliphatic heterocycles. The maximum Gasteiger partial charge on any atom is 0.290 e. The van der Waals surface area contributed by atoms with Crippen LogP contribution in [0.15, 0.2) is 41.3 Å². The van der Waals surface area contributed by atoms with E-state index in [4.69, 9.17) is 4.52 Å². The molecular weight excluding hydrogens is 318 g/mol. The van der Waals surface area contributed by atoms with Crippen molar-refractivity contribution >= 4 is 5.91 Å². The number of hydrogen-bond donors (Lipinski definition) is 1. The highest BCUT2D eigenvalue weighted by Gasteiger charge is 2.25. The molecule has 4 rings (SSSR count). The summed E-state index contributed by atoms with van der Waals surface area (Å²) in [4.78, 5) is 25.6. The summed E-state index contributed by atoms with van der Waals surface area (Å²) < 4.78 is 5.03. The van der Waals surface area contributed by atoms with Crippen molar-refractivity contribution in [2.75, 3.05) is 0 Å². The highest BCUT2D eigenvalue weighted by atomic mass is 16.5. The lowest BCUT2D eigenvalue weighted by atomic mass is 9.92. The van der Waals surface area contributed by atoms with E-state index in [9.17, 15) is 4.79 Å². The maximum atomic E-state index is 12.3. The van der Waals surface area contributed by atoms with Gasteiger partial charge in [0.05, 0.1) is 11.7 Å². The van der Waals surface area contributed by atoms with Crippen LogP contribution in [0.25, 0.3) is 11.4 Å². The molecule has 7 heteroatoms. The Bertz CT molecular complexity index is 907. The second-order valence-electron chi connectivity index (χ2n) is 6.09. The van der Waals surface area contributed by atoms with Crippen LogP contribution in [0.1, 0.15) is 46.4 Å². The van der Waals surface area contributed by atoms with Crippen molar-refractivity contribution in [3.05, 3.63) is 59.5 Å². The Kier molecular flexibility index (Phi) is 3.97. The zero-order valence-electron chi connectivity index (χ0n) is 13.8. The molecule has 3 heterocycles. The van der Waals surface area contributed by atoms with Crippen LogP contribution < -0.4 is 5.32 Å². The van der Waals surface area contributed by atoms with E-state index in [0.717, 1.165) is 36.1 Å². The Balaban J connectivity index is 1.59. The predicted octanol–water partition coefficient (Wildman–Crippen LogP) is 2.64. The molecule has 0 saturated carbocycles. The van der Waals surface area contributed by atoms with E-state index in [-0.39, 0.29) is 17.7 Å². The van der Waals surface area contributed by atoms with Crippen molar-refractivity contribution in [3.8, 4) is 11.4 Å². The first-order chi connectivity index (χ1) is 12.2. The summed E-state index contributed by atoms with van der Waals surface area (Å²) in [6.07, 6.45) is 7.95. The standard InChI is InChI=1S/C18H17N5O2/c1-11-8-16(25-23-11)18(24)22-15-6-2-5-14-13(15)10-20-17(21-14)12-4-3-7-19-9-12/h3-4,7-10,15H,2,5-6H2,1H3,(H,22,24)/t15-/m0/s1. The molecule has 0 saturated heterocycles. The third-order valence-corrected chi connectivity index (χ3v) is 4.26. The fourth-order valence-electron chi connectivity index (χ4n) is 3.03. The van der Waals surface area contributed by atoms with Crippen LogP contribution in [0.3, 0.4) is 0 Å². The molecule has 7 nitrogen and oxygen atoms in total. The molecule has 1 aliphatic carbocycles. The lowest BCUT2D eigenvalue weighted by molar-refractivity contribution is 0.0895. The van der Waals surface area contributed by atoms with Crippen LogP contribution in [0.2, 0.25) is 0 Å². The van der Waals surface area contributed by atoms with Crippen LogP contribution in [-0.2, 0) is 6.42 Å². The summed E-state index contributed by atoms with van der Waals surface area (Å²) in [5.41, 5.74) is 3.50. The molecule has 1 amide bonds. The van der Waals surface area contributed by atoms with Gasteiger partial charge in [0.15, 0.2) is 5.82 Å². The average Bonchev–Trinajstić information content (AvgIpc) is 3.09. The van der Waals surface area contributed by atoms with Crippen LogP contribution in [0.5, 0.6) is 0 Å². The van der Waals surface area contributed by atoms with Gasteiger partial charge in [-0.25, -0.2) is 9.97 Å². The van der Waals surface area contributed by atoms with Crippen molar-refractivity contribution in [1.29, 1.82) is 0 Å². The molecule has 0 bridgehead atoms. The summed E-state index contributed by atoms with van der Waals surface area (Å²) in [7, 11) is 0. The quantitative estimate of drug-likeness (QED) is 0.791. The van der Waals surface area contributed by atoms with Crippen LogP contribution in [0.4, 0.5) is 0 Å². The molecule has 25 heavy (non-hydrogen) atoms. The summed E-state index contributed by atoms with van der Waals surface area (Å²) in [6, 6.07) is 5.30. The van der Waals surface area contributed by atoms with E-state index in [2.05, 4.69) is 25.4 Å². The third-order valence-electron chi connectivity index (χ3n) is 4.26. The SMILES string of the molecule is Cc1cc(C(=O)N[C@H]2CCCc3nc(-c4cccnc4)ncc32)on1. The number of rotatable bonds is 3. The summed E-state index contributed by atoms with van der Waals surface area (Å²) in [5, 5.41) is 6.75. The van der Waals surface area contributed by atoms with Crippen LogP contribution >= 0.6 is 0 Å². The number of nitrogens with zero attached hydrogens (tertiary/aromatic N) is 4. The number of hydrogen-bond acceptors (Lipinski definition) is 6. The average molecular weight is 335 g/mol. The predicted molar refractivity (Wildman–Crippen MR) is 89.6 cm³/mol. The Morgan fingerprint density at radius 3 is 3.04 bits per heavy atom. The minimum absolute atomic E-state index is 0.121. The van der Waals surface area contributed by atoms with Gasteiger partial charge in [-0.1, -0.05) is 5.16 Å². The van der Waals surface area contributed by atoms with E-state index >= 15 is 0 Å². The van der Waals surface area contributed by atoms with Crippen molar-refractivity contribution in [1.82, 2.24) is 25.4 Å². The lowest BCUT2D eigenvalue weighted by Gasteiger charge is -2.25. The number of aromatic nitrogens is 4. The molecule has 1 N–H and O–H groups in total. The second kappa shape index (κ2) is 6.43. The van der Waals surface area contributed by atoms with Crippen molar-refractivity contribution in [3.63, 3.8) is 0 Å². The van der Waals surface area contributed by atoms with Gasteiger partial charge in [0, 0.05) is 41.5 Å². The Morgan fingerprint density at radius 1 is 1.36 bits per heavy atom. The third kappa shape index (κ3) is 3.13. The van der Waals surface area contributed by atoms with Gasteiger partial charge in [-0.3, -0.25) is 9.78 Å². The van der Waals surface area contributed by atoms with Crippen molar-refractivity contribution in [2.24, 2.45) is 0 Å². The normalized spacial score (nSPS) is 16.3. The van der Waals surface area contributed by atoms with Gasteiger partial charge < -0.3 is 9.84 Å². The smallest absolute Gasteiger partial charge is 0.290 e. The Morgan fingerprint density at radius 2 is 2.28 bits per heavy atom. The highest BCUT2D eigenvalue weighted by molar-refractivity contribution is 5.91. The minimum atomic E-state index is -0.269. The summed E-state index contributed by atoms with van der Waals surface area (Å²) >= 11 is 0. The summed E-state index contributed by atoms with van der Waals surface area (Å²) in [6.45, 7) is 1.78. The summed E-state index contributed by atoms with van der Waals surface area (Å²) in [5.74, 6) is 0.608.